The number of halogens is 1. The maximum Gasteiger partial charge on any atom is 0.261 e. The van der Waals surface area contributed by atoms with Crippen LogP contribution in [0.5, 0.6) is 0 Å². The summed E-state index contributed by atoms with van der Waals surface area (Å²) in [5.41, 5.74) is 7.30. The lowest BCUT2D eigenvalue weighted by atomic mass is 10.2. The highest BCUT2D eigenvalue weighted by molar-refractivity contribution is 7.17. The van der Waals surface area contributed by atoms with Gasteiger partial charge in [0.25, 0.3) is 5.91 Å². The van der Waals surface area contributed by atoms with Crippen molar-refractivity contribution in [2.24, 2.45) is 0 Å². The van der Waals surface area contributed by atoms with Crippen LogP contribution in [0.4, 0.5) is 5.69 Å². The number of thiophene rings is 1. The third-order valence-electron chi connectivity index (χ3n) is 2.23. The summed E-state index contributed by atoms with van der Waals surface area (Å²) in [6.45, 7) is 0.481. The van der Waals surface area contributed by atoms with Crippen LogP contribution in [-0.2, 0) is 6.54 Å². The maximum absolute atomic E-state index is 11.7. The van der Waals surface area contributed by atoms with Gasteiger partial charge in [-0.15, -0.1) is 11.3 Å². The van der Waals surface area contributed by atoms with Gasteiger partial charge in [-0.25, -0.2) is 0 Å². The van der Waals surface area contributed by atoms with Crippen LogP contribution in [0.1, 0.15) is 15.2 Å². The molecule has 1 amide bonds. The van der Waals surface area contributed by atoms with E-state index < -0.39 is 0 Å². The second-order valence-corrected chi connectivity index (χ2v) is 5.24. The fourth-order valence-corrected chi connectivity index (χ4v) is 2.30. The Morgan fingerprint density at radius 2 is 1.94 bits per heavy atom. The first-order valence-electron chi connectivity index (χ1n) is 5.03. The summed E-state index contributed by atoms with van der Waals surface area (Å²) in [6.07, 6.45) is 0. The van der Waals surface area contributed by atoms with Crippen LogP contribution in [-0.4, -0.2) is 5.91 Å². The minimum Gasteiger partial charge on any atom is -0.399 e. The number of anilines is 1. The standard InChI is InChI=1S/C12H11ClN2OS/c13-11-6-5-10(17-11)12(16)15-7-8-1-3-9(14)4-2-8/h1-6H,7,14H2,(H,15,16). The number of rotatable bonds is 3. The second-order valence-electron chi connectivity index (χ2n) is 3.53. The zero-order valence-electron chi connectivity index (χ0n) is 8.94. The Morgan fingerprint density at radius 3 is 2.53 bits per heavy atom. The number of hydrogen-bond acceptors (Lipinski definition) is 3. The van der Waals surface area contributed by atoms with E-state index in [0.29, 0.717) is 21.4 Å². The molecule has 0 saturated carbocycles. The summed E-state index contributed by atoms with van der Waals surface area (Å²) >= 11 is 7.03. The van der Waals surface area contributed by atoms with Gasteiger partial charge in [0.2, 0.25) is 0 Å². The molecule has 17 heavy (non-hydrogen) atoms. The minimum absolute atomic E-state index is 0.112. The zero-order chi connectivity index (χ0) is 12.3. The van der Waals surface area contributed by atoms with Gasteiger partial charge in [0.05, 0.1) is 9.21 Å². The van der Waals surface area contributed by atoms with Crippen LogP contribution in [0.2, 0.25) is 4.34 Å². The molecule has 0 aliphatic carbocycles. The highest BCUT2D eigenvalue weighted by Gasteiger charge is 2.07. The first-order valence-corrected chi connectivity index (χ1v) is 6.22. The van der Waals surface area contributed by atoms with E-state index in [1.165, 1.54) is 11.3 Å². The topological polar surface area (TPSA) is 55.1 Å². The average molecular weight is 267 g/mol. The van der Waals surface area contributed by atoms with Gasteiger partial charge in [0, 0.05) is 12.2 Å². The molecule has 0 unspecified atom stereocenters. The molecule has 3 nitrogen and oxygen atoms in total. The molecule has 0 atom stereocenters. The van der Waals surface area contributed by atoms with E-state index in [9.17, 15) is 4.79 Å². The third kappa shape index (κ3) is 3.22. The van der Waals surface area contributed by atoms with Gasteiger partial charge in [-0.2, -0.15) is 0 Å². The molecule has 0 radical (unpaired) electrons. The number of carbonyl (C=O) groups excluding carboxylic acids is 1. The number of nitrogens with one attached hydrogen (secondary N) is 1. The molecule has 1 aromatic heterocycles. The first kappa shape index (κ1) is 12.0. The highest BCUT2D eigenvalue weighted by Crippen LogP contribution is 2.21. The normalized spacial score (nSPS) is 10.2. The molecule has 1 aromatic carbocycles. The molecule has 0 saturated heterocycles. The van der Waals surface area contributed by atoms with Gasteiger partial charge in [0.15, 0.2) is 0 Å². The van der Waals surface area contributed by atoms with E-state index in [2.05, 4.69) is 5.32 Å². The summed E-state index contributed by atoms with van der Waals surface area (Å²) < 4.78 is 0.614. The van der Waals surface area contributed by atoms with Crippen molar-refractivity contribution < 1.29 is 4.79 Å². The SMILES string of the molecule is Nc1ccc(CNC(=O)c2ccc(Cl)s2)cc1. The van der Waals surface area contributed by atoms with Crippen LogP contribution < -0.4 is 11.1 Å². The Bertz CT molecular complexity index is 522. The van der Waals surface area contributed by atoms with Crippen molar-refractivity contribution in [1.82, 2.24) is 5.32 Å². The molecule has 0 fully saturated rings. The predicted octanol–water partition coefficient (Wildman–Crippen LogP) is 2.91. The molecule has 2 rings (SSSR count). The van der Waals surface area contributed by atoms with Crippen molar-refractivity contribution >= 4 is 34.5 Å². The molecule has 5 heteroatoms. The Balaban J connectivity index is 1.94. The Hall–Kier alpha value is -1.52. The molecular formula is C12H11ClN2OS. The number of nitrogens with two attached hydrogens (primary N) is 1. The zero-order valence-corrected chi connectivity index (χ0v) is 10.5. The molecule has 1 heterocycles. The Kier molecular flexibility index (Phi) is 3.66. The summed E-state index contributed by atoms with van der Waals surface area (Å²) in [5, 5.41) is 2.82. The molecule has 0 bridgehead atoms. The second kappa shape index (κ2) is 5.21. The average Bonchev–Trinajstić information content (AvgIpc) is 2.75. The van der Waals surface area contributed by atoms with Gasteiger partial charge in [-0.1, -0.05) is 23.7 Å². The quantitative estimate of drug-likeness (QED) is 0.840. The van der Waals surface area contributed by atoms with Gasteiger partial charge < -0.3 is 11.1 Å². The number of benzene rings is 1. The highest BCUT2D eigenvalue weighted by atomic mass is 35.5. The van der Waals surface area contributed by atoms with Crippen molar-refractivity contribution in [3.8, 4) is 0 Å². The molecular weight excluding hydrogens is 256 g/mol. The summed E-state index contributed by atoms with van der Waals surface area (Å²) in [7, 11) is 0. The maximum atomic E-state index is 11.7. The van der Waals surface area contributed by atoms with Crippen molar-refractivity contribution in [1.29, 1.82) is 0 Å². The van der Waals surface area contributed by atoms with E-state index >= 15 is 0 Å². The van der Waals surface area contributed by atoms with Crippen molar-refractivity contribution in [3.63, 3.8) is 0 Å². The lowest BCUT2D eigenvalue weighted by molar-refractivity contribution is 0.0955. The fraction of sp³-hybridized carbons (Fsp3) is 0.0833. The lowest BCUT2D eigenvalue weighted by Gasteiger charge is -2.04. The number of carbonyl (C=O) groups is 1. The number of amides is 1. The van der Waals surface area contributed by atoms with E-state index in [1.807, 2.05) is 24.3 Å². The van der Waals surface area contributed by atoms with Crippen molar-refractivity contribution in [3.05, 3.63) is 51.2 Å². The van der Waals surface area contributed by atoms with Crippen molar-refractivity contribution in [2.75, 3.05) is 5.73 Å². The van der Waals surface area contributed by atoms with Gasteiger partial charge >= 0.3 is 0 Å². The van der Waals surface area contributed by atoms with E-state index in [-0.39, 0.29) is 5.91 Å². The molecule has 3 N–H and O–H groups in total. The van der Waals surface area contributed by atoms with Crippen LogP contribution in [0.15, 0.2) is 36.4 Å². The van der Waals surface area contributed by atoms with Crippen LogP contribution in [0.3, 0.4) is 0 Å². The fourth-order valence-electron chi connectivity index (χ4n) is 1.34. The minimum atomic E-state index is -0.112. The van der Waals surface area contributed by atoms with Gasteiger partial charge in [0.1, 0.15) is 0 Å². The van der Waals surface area contributed by atoms with E-state index in [0.717, 1.165) is 5.56 Å². The van der Waals surface area contributed by atoms with Gasteiger partial charge in [-0.3, -0.25) is 4.79 Å². The van der Waals surface area contributed by atoms with Crippen LogP contribution in [0, 0.1) is 0 Å². The Labute approximate surface area is 108 Å². The number of nitrogen functional groups attached to an aromatic ring is 1. The van der Waals surface area contributed by atoms with Crippen LogP contribution >= 0.6 is 22.9 Å². The smallest absolute Gasteiger partial charge is 0.261 e. The Morgan fingerprint density at radius 1 is 1.24 bits per heavy atom. The monoisotopic (exact) mass is 266 g/mol. The third-order valence-corrected chi connectivity index (χ3v) is 3.46. The largest absolute Gasteiger partial charge is 0.399 e. The molecule has 88 valence electrons. The molecule has 0 aliphatic heterocycles. The molecule has 0 aliphatic rings. The molecule has 0 spiro atoms. The first-order chi connectivity index (χ1) is 8.15. The van der Waals surface area contributed by atoms with Crippen molar-refractivity contribution in [2.45, 2.75) is 6.54 Å². The summed E-state index contributed by atoms with van der Waals surface area (Å²) in [6, 6.07) is 10.8. The van der Waals surface area contributed by atoms with E-state index in [4.69, 9.17) is 17.3 Å². The molecule has 2 aromatic rings. The predicted molar refractivity (Wildman–Crippen MR) is 71.4 cm³/mol. The van der Waals surface area contributed by atoms with Gasteiger partial charge in [-0.05, 0) is 29.8 Å². The lowest BCUT2D eigenvalue weighted by Crippen LogP contribution is -2.21. The summed E-state index contributed by atoms with van der Waals surface area (Å²) in [5.74, 6) is -0.112. The van der Waals surface area contributed by atoms with Crippen LogP contribution in [0.25, 0.3) is 0 Å². The summed E-state index contributed by atoms with van der Waals surface area (Å²) in [4.78, 5) is 12.3. The van der Waals surface area contributed by atoms with E-state index in [1.54, 1.807) is 12.1 Å². The number of hydrogen-bond donors (Lipinski definition) is 2.